The molecule has 3 aliphatic carbocycles. The monoisotopic (exact) mass is 338 g/mol. The van der Waals surface area contributed by atoms with Gasteiger partial charge < -0.3 is 9.84 Å². The molecule has 0 aromatic heterocycles. The third-order valence-electron chi connectivity index (χ3n) is 6.36. The molecule has 1 heterocycles. The summed E-state index contributed by atoms with van der Waals surface area (Å²) >= 11 is 0. The second-order valence-electron chi connectivity index (χ2n) is 7.39. The van der Waals surface area contributed by atoms with Crippen LogP contribution in [0.4, 0.5) is 0 Å². The fraction of sp³-hybridized carbons (Fsp3) is 0.421. The first kappa shape index (κ1) is 14.7. The van der Waals surface area contributed by atoms with E-state index in [1.165, 1.54) is 19.4 Å². The van der Waals surface area contributed by atoms with Crippen molar-refractivity contribution in [3.63, 3.8) is 0 Å². The zero-order chi connectivity index (χ0) is 17.3. The molecule has 6 heteroatoms. The molecule has 3 fully saturated rings. The van der Waals surface area contributed by atoms with Gasteiger partial charge >= 0.3 is 0 Å². The van der Waals surface area contributed by atoms with Crippen molar-refractivity contribution in [2.75, 3.05) is 7.11 Å². The fourth-order valence-electron chi connectivity index (χ4n) is 5.08. The van der Waals surface area contributed by atoms with Crippen molar-refractivity contribution >= 4 is 18.0 Å². The number of allylic oxidation sites excluding steroid dienone is 2. The molecule has 4 aliphatic rings. The van der Waals surface area contributed by atoms with E-state index >= 15 is 0 Å². The van der Waals surface area contributed by atoms with E-state index in [2.05, 4.69) is 17.3 Å². The Morgan fingerprint density at radius 2 is 1.84 bits per heavy atom. The number of phenolic OH excluding ortho intramolecular Hbond substituents is 1. The highest BCUT2D eigenvalue weighted by molar-refractivity contribution is 6.07. The van der Waals surface area contributed by atoms with Gasteiger partial charge in [-0.1, -0.05) is 12.2 Å². The van der Waals surface area contributed by atoms with Crippen LogP contribution in [0.3, 0.4) is 0 Å². The van der Waals surface area contributed by atoms with E-state index < -0.39 is 0 Å². The van der Waals surface area contributed by atoms with Gasteiger partial charge in [-0.2, -0.15) is 10.1 Å². The molecule has 2 bridgehead atoms. The molecule has 0 unspecified atom stereocenters. The lowest BCUT2D eigenvalue weighted by Gasteiger charge is -2.18. The Morgan fingerprint density at radius 1 is 1.20 bits per heavy atom. The van der Waals surface area contributed by atoms with Crippen molar-refractivity contribution in [1.29, 1.82) is 0 Å². The van der Waals surface area contributed by atoms with Crippen molar-refractivity contribution in [3.8, 4) is 11.5 Å². The molecule has 25 heavy (non-hydrogen) atoms. The Balaban J connectivity index is 1.42. The molecule has 2 amide bonds. The Bertz CT molecular complexity index is 821. The molecule has 0 radical (unpaired) electrons. The first-order valence-corrected chi connectivity index (χ1v) is 8.54. The minimum absolute atomic E-state index is 0.0277. The molecule has 2 saturated carbocycles. The topological polar surface area (TPSA) is 79.2 Å². The number of benzene rings is 1. The van der Waals surface area contributed by atoms with Crippen LogP contribution >= 0.6 is 0 Å². The SMILES string of the molecule is COc1cc(/C=N\N2C(=O)[C@@H]3[C@@H](C2=O)[C@H]2C=C[C@H]3C23CC3)ccc1O. The van der Waals surface area contributed by atoms with Gasteiger partial charge in [0.2, 0.25) is 0 Å². The second-order valence-corrected chi connectivity index (χ2v) is 7.39. The number of rotatable bonds is 3. The van der Waals surface area contributed by atoms with E-state index in [-0.39, 0.29) is 46.7 Å². The number of carbonyl (C=O) groups is 2. The molecular formula is C19H18N2O4. The number of nitrogens with zero attached hydrogens (tertiary/aromatic N) is 2. The first-order valence-electron chi connectivity index (χ1n) is 8.54. The number of hydrogen-bond donors (Lipinski definition) is 1. The van der Waals surface area contributed by atoms with Gasteiger partial charge in [-0.3, -0.25) is 9.59 Å². The molecule has 1 saturated heterocycles. The highest BCUT2D eigenvalue weighted by atomic mass is 16.5. The van der Waals surface area contributed by atoms with Gasteiger partial charge in [0.05, 0.1) is 25.2 Å². The molecule has 6 nitrogen and oxygen atoms in total. The number of imide groups is 1. The summed E-state index contributed by atoms with van der Waals surface area (Å²) in [5.41, 5.74) is 0.841. The molecular weight excluding hydrogens is 320 g/mol. The predicted octanol–water partition coefficient (Wildman–Crippen LogP) is 1.93. The van der Waals surface area contributed by atoms with Crippen LogP contribution in [0, 0.1) is 29.1 Å². The van der Waals surface area contributed by atoms with Crippen LogP contribution < -0.4 is 4.74 Å². The van der Waals surface area contributed by atoms with E-state index in [4.69, 9.17) is 4.74 Å². The number of amides is 2. The highest BCUT2D eigenvalue weighted by Crippen LogP contribution is 2.73. The van der Waals surface area contributed by atoms with E-state index in [9.17, 15) is 14.7 Å². The fourth-order valence-corrected chi connectivity index (χ4v) is 5.08. The number of phenols is 1. The molecule has 128 valence electrons. The van der Waals surface area contributed by atoms with Crippen molar-refractivity contribution < 1.29 is 19.4 Å². The normalized spacial score (nSPS) is 33.7. The second kappa shape index (κ2) is 4.71. The van der Waals surface area contributed by atoms with Crippen molar-refractivity contribution in [3.05, 3.63) is 35.9 Å². The van der Waals surface area contributed by atoms with Crippen molar-refractivity contribution in [2.24, 2.45) is 34.2 Å². The molecule has 1 aromatic carbocycles. The number of hydrazone groups is 1. The van der Waals surface area contributed by atoms with Crippen molar-refractivity contribution in [1.82, 2.24) is 5.01 Å². The maximum Gasteiger partial charge on any atom is 0.254 e. The Hall–Kier alpha value is -2.63. The molecule has 4 atom stereocenters. The molecule has 5 rings (SSSR count). The van der Waals surface area contributed by atoms with Crippen LogP contribution in [0.1, 0.15) is 18.4 Å². The largest absolute Gasteiger partial charge is 0.504 e. The van der Waals surface area contributed by atoms with Crippen molar-refractivity contribution in [2.45, 2.75) is 12.8 Å². The zero-order valence-electron chi connectivity index (χ0n) is 13.8. The smallest absolute Gasteiger partial charge is 0.254 e. The third-order valence-corrected chi connectivity index (χ3v) is 6.36. The Labute approximate surface area is 144 Å². The number of hydrogen-bond acceptors (Lipinski definition) is 5. The van der Waals surface area contributed by atoms with Gasteiger partial charge in [0.1, 0.15) is 0 Å². The number of ether oxygens (including phenoxy) is 1. The number of carbonyl (C=O) groups excluding carboxylic acids is 2. The lowest BCUT2D eigenvalue weighted by atomic mass is 9.85. The Kier molecular flexibility index (Phi) is 2.77. The Morgan fingerprint density at radius 3 is 2.40 bits per heavy atom. The predicted molar refractivity (Wildman–Crippen MR) is 88.9 cm³/mol. The lowest BCUT2D eigenvalue weighted by Crippen LogP contribution is -2.30. The van der Waals surface area contributed by atoms with Crippen LogP contribution in [0.5, 0.6) is 11.5 Å². The average molecular weight is 338 g/mol. The van der Waals surface area contributed by atoms with Gasteiger partial charge in [0.15, 0.2) is 11.5 Å². The summed E-state index contributed by atoms with van der Waals surface area (Å²) in [5.74, 6) is -0.0909. The standard InChI is InChI=1S/C19H18N2O4/c1-25-14-8-10(2-5-13(14)22)9-20-21-17(23)15-11-3-4-12(16(15)18(21)24)19(11)6-7-19/h2-5,8-9,11-12,15-16,22H,6-7H2,1H3/b20-9-/t11-,12-,15+,16+/m1/s1. The number of fused-ring (bicyclic) bond motifs is 3. The zero-order valence-corrected chi connectivity index (χ0v) is 13.8. The highest BCUT2D eigenvalue weighted by Gasteiger charge is 2.73. The van der Waals surface area contributed by atoms with Gasteiger partial charge in [-0.05, 0) is 53.9 Å². The summed E-state index contributed by atoms with van der Waals surface area (Å²) < 4.78 is 5.06. The lowest BCUT2D eigenvalue weighted by molar-refractivity contribution is -0.141. The van der Waals surface area contributed by atoms with Gasteiger partial charge in [0.25, 0.3) is 11.8 Å². The van der Waals surface area contributed by atoms with E-state index in [1.54, 1.807) is 12.1 Å². The maximum absolute atomic E-state index is 12.8. The van der Waals surface area contributed by atoms with Gasteiger partial charge in [-0.25, -0.2) is 0 Å². The van der Waals surface area contributed by atoms with Crippen LogP contribution in [0.2, 0.25) is 0 Å². The quantitative estimate of drug-likeness (QED) is 0.519. The van der Waals surface area contributed by atoms with Crippen LogP contribution in [0.25, 0.3) is 0 Å². The molecule has 1 aliphatic heterocycles. The summed E-state index contributed by atoms with van der Waals surface area (Å²) in [6, 6.07) is 4.75. The third kappa shape index (κ3) is 1.77. The average Bonchev–Trinajstić information content (AvgIpc) is 3.21. The van der Waals surface area contributed by atoms with Gasteiger partial charge in [-0.15, -0.1) is 0 Å². The molecule has 1 spiro atoms. The summed E-state index contributed by atoms with van der Waals surface area (Å²) in [6.45, 7) is 0. The van der Waals surface area contributed by atoms with E-state index in [0.29, 0.717) is 11.3 Å². The minimum atomic E-state index is -0.239. The maximum atomic E-state index is 12.8. The summed E-state index contributed by atoms with van der Waals surface area (Å²) in [7, 11) is 1.46. The van der Waals surface area contributed by atoms with Crippen LogP contribution in [-0.4, -0.2) is 35.3 Å². The summed E-state index contributed by atoms with van der Waals surface area (Å²) in [4.78, 5) is 25.6. The van der Waals surface area contributed by atoms with E-state index in [1.807, 2.05) is 0 Å². The number of methoxy groups -OCH3 is 1. The van der Waals surface area contributed by atoms with Crippen LogP contribution in [-0.2, 0) is 9.59 Å². The van der Waals surface area contributed by atoms with Gasteiger partial charge in [0, 0.05) is 0 Å². The number of aromatic hydroxyl groups is 1. The summed E-state index contributed by atoms with van der Waals surface area (Å²) in [5, 5.41) is 14.8. The first-order chi connectivity index (χ1) is 12.1. The molecule has 1 aromatic rings. The molecule has 1 N–H and O–H groups in total. The van der Waals surface area contributed by atoms with Crippen LogP contribution in [0.15, 0.2) is 35.5 Å². The summed E-state index contributed by atoms with van der Waals surface area (Å²) in [6.07, 6.45) is 7.99. The van der Waals surface area contributed by atoms with E-state index in [0.717, 1.165) is 17.9 Å². The minimum Gasteiger partial charge on any atom is -0.504 e.